The van der Waals surface area contributed by atoms with Gasteiger partial charge in [0.1, 0.15) is 0 Å². The van der Waals surface area contributed by atoms with Crippen LogP contribution in [0.5, 0.6) is 0 Å². The zero-order valence-corrected chi connectivity index (χ0v) is 11.3. The van der Waals surface area contributed by atoms with Crippen molar-refractivity contribution in [2.45, 2.75) is 51.0 Å². The number of hydrogen-bond acceptors (Lipinski definition) is 2. The predicted octanol–water partition coefficient (Wildman–Crippen LogP) is 3.42. The largest absolute Gasteiger partial charge is 0.385 e. The number of rotatable bonds is 5. The Hall–Kier alpha value is -0.860. The Morgan fingerprint density at radius 3 is 2.39 bits per heavy atom. The third-order valence-electron chi connectivity index (χ3n) is 3.88. The fourth-order valence-corrected chi connectivity index (χ4v) is 2.56. The number of benzene rings is 1. The monoisotopic (exact) mass is 248 g/mol. The van der Waals surface area contributed by atoms with Gasteiger partial charge in [0.25, 0.3) is 0 Å². The highest BCUT2D eigenvalue weighted by atomic mass is 16.5. The molecule has 1 aliphatic rings. The van der Waals surface area contributed by atoms with E-state index in [1.807, 2.05) is 0 Å². The molecular weight excluding hydrogens is 224 g/mol. The second kappa shape index (κ2) is 6.35. The highest BCUT2D eigenvalue weighted by molar-refractivity contribution is 5.27. The van der Waals surface area contributed by atoms with Crippen LogP contribution in [0.15, 0.2) is 24.3 Å². The zero-order chi connectivity index (χ0) is 12.8. The molecule has 0 amide bonds. The molecule has 0 saturated carbocycles. The molecule has 0 aliphatic carbocycles. The fraction of sp³-hybridized carbons (Fsp3) is 0.625. The van der Waals surface area contributed by atoms with Crippen LogP contribution in [-0.2, 0) is 16.8 Å². The minimum Gasteiger partial charge on any atom is -0.385 e. The molecule has 1 fully saturated rings. The van der Waals surface area contributed by atoms with Crippen LogP contribution in [-0.4, -0.2) is 18.3 Å². The molecule has 1 aliphatic heterocycles. The van der Waals surface area contributed by atoms with Crippen LogP contribution in [0.2, 0.25) is 0 Å². The normalized spacial score (nSPS) is 18.8. The number of hydrogen-bond donors (Lipinski definition) is 1. The van der Waals surface area contributed by atoms with Crippen LogP contribution < -0.4 is 0 Å². The van der Waals surface area contributed by atoms with E-state index in [2.05, 4.69) is 31.2 Å². The van der Waals surface area contributed by atoms with Gasteiger partial charge in [0.05, 0.1) is 5.60 Å². The average molecular weight is 248 g/mol. The first-order valence-electron chi connectivity index (χ1n) is 7.14. The van der Waals surface area contributed by atoms with E-state index in [0.29, 0.717) is 26.1 Å². The van der Waals surface area contributed by atoms with Crippen molar-refractivity contribution in [1.82, 2.24) is 0 Å². The van der Waals surface area contributed by atoms with Crippen LogP contribution >= 0.6 is 0 Å². The lowest BCUT2D eigenvalue weighted by Crippen LogP contribution is -2.33. The van der Waals surface area contributed by atoms with Gasteiger partial charge in [0.15, 0.2) is 0 Å². The van der Waals surface area contributed by atoms with Crippen molar-refractivity contribution in [2.75, 3.05) is 13.2 Å². The molecule has 2 rings (SSSR count). The lowest BCUT2D eigenvalue weighted by molar-refractivity contribution is -0.0679. The minimum atomic E-state index is -0.666. The SMILES string of the molecule is CCCCCc1ccc(C2(O)CCOCC2)cc1. The van der Waals surface area contributed by atoms with E-state index >= 15 is 0 Å². The number of aliphatic hydroxyl groups is 1. The third kappa shape index (κ3) is 3.33. The molecular formula is C16H24O2. The van der Waals surface area contributed by atoms with Gasteiger partial charge < -0.3 is 9.84 Å². The topological polar surface area (TPSA) is 29.5 Å². The molecule has 2 nitrogen and oxygen atoms in total. The summed E-state index contributed by atoms with van der Waals surface area (Å²) in [4.78, 5) is 0. The summed E-state index contributed by atoms with van der Waals surface area (Å²) in [6.45, 7) is 3.55. The highest BCUT2D eigenvalue weighted by Crippen LogP contribution is 2.31. The summed E-state index contributed by atoms with van der Waals surface area (Å²) in [6.07, 6.45) is 6.38. The average Bonchev–Trinajstić information content (AvgIpc) is 2.41. The Morgan fingerprint density at radius 1 is 1.11 bits per heavy atom. The summed E-state index contributed by atoms with van der Waals surface area (Å²) in [5.41, 5.74) is 1.76. The molecule has 100 valence electrons. The Bertz CT molecular complexity index is 350. The molecule has 0 bridgehead atoms. The van der Waals surface area contributed by atoms with E-state index in [0.717, 1.165) is 12.0 Å². The first kappa shape index (κ1) is 13.6. The fourth-order valence-electron chi connectivity index (χ4n) is 2.56. The van der Waals surface area contributed by atoms with E-state index in [1.54, 1.807) is 0 Å². The molecule has 0 spiro atoms. The van der Waals surface area contributed by atoms with Crippen molar-refractivity contribution in [2.24, 2.45) is 0 Å². The standard InChI is InChI=1S/C16H24O2/c1-2-3-4-5-14-6-8-15(9-7-14)16(17)10-12-18-13-11-16/h6-9,17H,2-5,10-13H2,1H3. The molecule has 2 heteroatoms. The number of ether oxygens (including phenoxy) is 1. The van der Waals surface area contributed by atoms with Crippen LogP contribution in [0.1, 0.15) is 50.2 Å². The van der Waals surface area contributed by atoms with Gasteiger partial charge in [-0.1, -0.05) is 44.0 Å². The second-order valence-electron chi connectivity index (χ2n) is 5.30. The number of unbranched alkanes of at least 4 members (excludes halogenated alkanes) is 2. The van der Waals surface area contributed by atoms with E-state index in [9.17, 15) is 5.11 Å². The molecule has 1 aromatic carbocycles. The molecule has 1 saturated heterocycles. The van der Waals surface area contributed by atoms with Gasteiger partial charge in [-0.2, -0.15) is 0 Å². The number of aryl methyl sites for hydroxylation is 1. The molecule has 0 atom stereocenters. The molecule has 0 aromatic heterocycles. The van der Waals surface area contributed by atoms with E-state index < -0.39 is 5.60 Å². The third-order valence-corrected chi connectivity index (χ3v) is 3.88. The molecule has 1 heterocycles. The van der Waals surface area contributed by atoms with Crippen LogP contribution in [0.3, 0.4) is 0 Å². The summed E-state index contributed by atoms with van der Waals surface area (Å²) in [5.74, 6) is 0. The Balaban J connectivity index is 1.98. The van der Waals surface area contributed by atoms with E-state index in [1.165, 1.54) is 24.8 Å². The smallest absolute Gasteiger partial charge is 0.0940 e. The van der Waals surface area contributed by atoms with E-state index in [-0.39, 0.29) is 0 Å². The summed E-state index contributed by atoms with van der Waals surface area (Å²) in [5, 5.41) is 10.6. The summed E-state index contributed by atoms with van der Waals surface area (Å²) >= 11 is 0. The van der Waals surface area contributed by atoms with Gasteiger partial charge in [-0.05, 0) is 24.0 Å². The van der Waals surface area contributed by atoms with Crippen molar-refractivity contribution in [3.63, 3.8) is 0 Å². The van der Waals surface area contributed by atoms with Gasteiger partial charge in [0, 0.05) is 26.1 Å². The lowest BCUT2D eigenvalue weighted by Gasteiger charge is -2.32. The Morgan fingerprint density at radius 2 is 1.78 bits per heavy atom. The minimum absolute atomic E-state index is 0.661. The van der Waals surface area contributed by atoms with Crippen LogP contribution in [0.25, 0.3) is 0 Å². The maximum atomic E-state index is 10.6. The van der Waals surface area contributed by atoms with Crippen LogP contribution in [0.4, 0.5) is 0 Å². The highest BCUT2D eigenvalue weighted by Gasteiger charge is 2.31. The van der Waals surface area contributed by atoms with Crippen molar-refractivity contribution in [3.05, 3.63) is 35.4 Å². The van der Waals surface area contributed by atoms with Crippen molar-refractivity contribution >= 4 is 0 Å². The zero-order valence-electron chi connectivity index (χ0n) is 11.3. The second-order valence-corrected chi connectivity index (χ2v) is 5.30. The van der Waals surface area contributed by atoms with Crippen molar-refractivity contribution < 1.29 is 9.84 Å². The van der Waals surface area contributed by atoms with Crippen molar-refractivity contribution in [3.8, 4) is 0 Å². The Kier molecular flexibility index (Phi) is 4.79. The van der Waals surface area contributed by atoms with Gasteiger partial charge in [-0.3, -0.25) is 0 Å². The molecule has 0 radical (unpaired) electrons. The first-order valence-corrected chi connectivity index (χ1v) is 7.14. The molecule has 18 heavy (non-hydrogen) atoms. The first-order chi connectivity index (χ1) is 8.74. The van der Waals surface area contributed by atoms with Crippen LogP contribution in [0, 0.1) is 0 Å². The van der Waals surface area contributed by atoms with Gasteiger partial charge in [0.2, 0.25) is 0 Å². The van der Waals surface area contributed by atoms with Crippen molar-refractivity contribution in [1.29, 1.82) is 0 Å². The van der Waals surface area contributed by atoms with Gasteiger partial charge >= 0.3 is 0 Å². The lowest BCUT2D eigenvalue weighted by atomic mass is 9.86. The maximum Gasteiger partial charge on any atom is 0.0940 e. The molecule has 0 unspecified atom stereocenters. The Labute approximate surface area is 110 Å². The summed E-state index contributed by atoms with van der Waals surface area (Å²) in [6, 6.07) is 8.51. The van der Waals surface area contributed by atoms with Gasteiger partial charge in [-0.25, -0.2) is 0 Å². The maximum absolute atomic E-state index is 10.6. The quantitative estimate of drug-likeness (QED) is 0.809. The van der Waals surface area contributed by atoms with Gasteiger partial charge in [-0.15, -0.1) is 0 Å². The molecule has 1 N–H and O–H groups in total. The predicted molar refractivity (Wildman–Crippen MR) is 73.6 cm³/mol. The van der Waals surface area contributed by atoms with E-state index in [4.69, 9.17) is 4.74 Å². The molecule has 1 aromatic rings. The summed E-state index contributed by atoms with van der Waals surface area (Å²) < 4.78 is 5.32. The summed E-state index contributed by atoms with van der Waals surface area (Å²) in [7, 11) is 0.